The lowest BCUT2D eigenvalue weighted by Gasteiger charge is -2.48. The van der Waals surface area contributed by atoms with Gasteiger partial charge < -0.3 is 9.71 Å². The second-order valence-corrected chi connectivity index (χ2v) is 9.03. The van der Waals surface area contributed by atoms with Gasteiger partial charge in [0.25, 0.3) is 11.8 Å². The Morgan fingerprint density at radius 2 is 1.81 bits per heavy atom. The number of rotatable bonds is 5. The molecule has 2 aromatic carbocycles. The summed E-state index contributed by atoms with van der Waals surface area (Å²) < 4.78 is 29.3. The first-order valence-electron chi connectivity index (χ1n) is 10.6. The minimum Gasteiger partial charge on any atom is -0.387 e. The van der Waals surface area contributed by atoms with Crippen LogP contribution in [0, 0.1) is 0 Å². The zero-order chi connectivity index (χ0) is 26.6. The number of hydrogen-bond donors (Lipinski definition) is 1. The molecule has 2 aliphatic heterocycles. The quantitative estimate of drug-likeness (QED) is 0.489. The summed E-state index contributed by atoms with van der Waals surface area (Å²) in [6.45, 7) is -0.587. The Bertz CT molecular complexity index is 1280. The standard InChI is InChI=1S/C22H14B4ClF2N3O4/c23-15-16(24)21(25,19(35)30-17(15)33)31-9-11-7-10(1-6-14(11)18(31)34)8-32(26)20(36)22(28,29)12-2-4-13(27)5-3-12/h1-7,15-16H,8-9H2,(H,30,33,35)/t15?,16?,21-/m0/s1. The molecule has 36 heavy (non-hydrogen) atoms. The van der Waals surface area contributed by atoms with Crippen LogP contribution in [0.4, 0.5) is 8.78 Å². The number of halogens is 3. The molecule has 14 heteroatoms. The van der Waals surface area contributed by atoms with E-state index in [2.05, 4.69) is 0 Å². The average Bonchev–Trinajstić information content (AvgIpc) is 3.17. The number of alkyl halides is 2. The summed E-state index contributed by atoms with van der Waals surface area (Å²) >= 11 is 5.72. The van der Waals surface area contributed by atoms with E-state index in [0.717, 1.165) is 17.0 Å². The highest BCUT2D eigenvalue weighted by Crippen LogP contribution is 2.41. The van der Waals surface area contributed by atoms with E-state index in [0.29, 0.717) is 15.9 Å². The van der Waals surface area contributed by atoms with Gasteiger partial charge in [-0.1, -0.05) is 41.7 Å². The number of hydrogen-bond acceptors (Lipinski definition) is 4. The Hall–Kier alpha value is -3.07. The van der Waals surface area contributed by atoms with Gasteiger partial charge in [0.05, 0.1) is 21.1 Å². The topological polar surface area (TPSA) is 86.8 Å². The fraction of sp³-hybridized carbons (Fsp3) is 0.273. The molecule has 4 rings (SSSR count). The Kier molecular flexibility index (Phi) is 6.58. The second kappa shape index (κ2) is 9.10. The maximum atomic E-state index is 14.7. The van der Waals surface area contributed by atoms with Crippen molar-refractivity contribution in [3.8, 4) is 0 Å². The van der Waals surface area contributed by atoms with E-state index in [1.54, 1.807) is 0 Å². The van der Waals surface area contributed by atoms with Crippen LogP contribution in [-0.2, 0) is 33.4 Å². The van der Waals surface area contributed by atoms with Gasteiger partial charge >= 0.3 is 5.92 Å². The van der Waals surface area contributed by atoms with Crippen LogP contribution < -0.4 is 5.32 Å². The van der Waals surface area contributed by atoms with E-state index in [1.807, 2.05) is 5.32 Å². The highest BCUT2D eigenvalue weighted by Gasteiger charge is 2.53. The normalized spacial score (nSPS) is 23.9. The van der Waals surface area contributed by atoms with Gasteiger partial charge in [0, 0.05) is 29.2 Å². The summed E-state index contributed by atoms with van der Waals surface area (Å²) in [5.41, 5.74) is -1.79. The summed E-state index contributed by atoms with van der Waals surface area (Å²) in [7, 11) is 23.6. The first kappa shape index (κ1) is 26.0. The third-order valence-electron chi connectivity index (χ3n) is 6.31. The van der Waals surface area contributed by atoms with Gasteiger partial charge in [0.1, 0.15) is 7.85 Å². The second-order valence-electron chi connectivity index (χ2n) is 8.59. The first-order valence-corrected chi connectivity index (χ1v) is 11.0. The van der Waals surface area contributed by atoms with E-state index in [-0.39, 0.29) is 17.1 Å². The van der Waals surface area contributed by atoms with Crippen molar-refractivity contribution in [3.63, 3.8) is 0 Å². The van der Waals surface area contributed by atoms with Gasteiger partial charge in [0.2, 0.25) is 19.8 Å². The molecule has 174 valence electrons. The van der Waals surface area contributed by atoms with Gasteiger partial charge in [-0.25, -0.2) is 0 Å². The highest BCUT2D eigenvalue weighted by molar-refractivity contribution is 6.43. The lowest BCUT2D eigenvalue weighted by atomic mass is 9.48. The number of imide groups is 1. The highest BCUT2D eigenvalue weighted by atomic mass is 35.5. The van der Waals surface area contributed by atoms with Crippen molar-refractivity contribution in [2.45, 2.75) is 36.1 Å². The molecule has 0 aliphatic carbocycles. The molecule has 3 atom stereocenters. The van der Waals surface area contributed by atoms with Crippen LogP contribution in [0.15, 0.2) is 42.5 Å². The van der Waals surface area contributed by atoms with Crippen LogP contribution in [0.5, 0.6) is 0 Å². The van der Waals surface area contributed by atoms with Crippen molar-refractivity contribution >= 4 is 66.7 Å². The van der Waals surface area contributed by atoms with Crippen LogP contribution in [0.3, 0.4) is 0 Å². The van der Waals surface area contributed by atoms with Gasteiger partial charge in [0.15, 0.2) is 0 Å². The molecule has 0 bridgehead atoms. The van der Waals surface area contributed by atoms with Crippen molar-refractivity contribution in [2.75, 3.05) is 0 Å². The van der Waals surface area contributed by atoms with Crippen molar-refractivity contribution in [1.82, 2.24) is 15.0 Å². The Morgan fingerprint density at radius 1 is 1.17 bits per heavy atom. The lowest BCUT2D eigenvalue weighted by Crippen LogP contribution is -2.67. The van der Waals surface area contributed by atoms with Crippen LogP contribution in [-0.4, -0.2) is 70.3 Å². The number of benzene rings is 2. The molecule has 2 aliphatic rings. The maximum Gasteiger partial charge on any atom is 0.348 e. The number of carbonyl (C=O) groups excluding carboxylic acids is 4. The van der Waals surface area contributed by atoms with Crippen LogP contribution in [0.1, 0.15) is 27.0 Å². The zero-order valence-electron chi connectivity index (χ0n) is 18.6. The average molecular weight is 501 g/mol. The fourth-order valence-corrected chi connectivity index (χ4v) is 4.31. The van der Waals surface area contributed by atoms with E-state index in [1.165, 1.54) is 30.3 Å². The molecule has 2 unspecified atom stereocenters. The predicted octanol–water partition coefficient (Wildman–Crippen LogP) is 0.935. The molecule has 1 saturated heterocycles. The summed E-state index contributed by atoms with van der Waals surface area (Å²) in [5.74, 6) is -10.7. The molecule has 0 aromatic heterocycles. The monoisotopic (exact) mass is 501 g/mol. The molecule has 2 heterocycles. The fourth-order valence-electron chi connectivity index (χ4n) is 4.19. The molecule has 8 radical (unpaired) electrons. The molecule has 2 aromatic rings. The number of nitrogens with one attached hydrogen (secondary N) is 1. The summed E-state index contributed by atoms with van der Waals surface area (Å²) in [4.78, 5) is 51.1. The molecule has 1 fully saturated rings. The van der Waals surface area contributed by atoms with Crippen molar-refractivity contribution in [3.05, 3.63) is 69.7 Å². The molecule has 0 spiro atoms. The number of carbonyl (C=O) groups is 4. The minimum atomic E-state index is -3.91. The SMILES string of the molecule is [B]C1C(=O)NC(=O)[C@@]([B])(N2Cc3cc(CN([B])C(=O)C(F)(F)c4ccc(Cl)cc4)ccc3C2=O)C1[B]. The Morgan fingerprint density at radius 3 is 2.44 bits per heavy atom. The third-order valence-corrected chi connectivity index (χ3v) is 6.56. The van der Waals surface area contributed by atoms with Crippen molar-refractivity contribution < 1.29 is 28.0 Å². The predicted molar refractivity (Wildman–Crippen MR) is 129 cm³/mol. The van der Waals surface area contributed by atoms with E-state index >= 15 is 0 Å². The van der Waals surface area contributed by atoms with Gasteiger partial charge in [-0.05, 0) is 35.1 Å². The molecular formula is C22H14B4ClF2N3O4. The zero-order valence-corrected chi connectivity index (χ0v) is 19.3. The molecular weight excluding hydrogens is 487 g/mol. The smallest absolute Gasteiger partial charge is 0.348 e. The van der Waals surface area contributed by atoms with Gasteiger partial charge in [-0.3, -0.25) is 24.5 Å². The van der Waals surface area contributed by atoms with Crippen LogP contribution in [0.2, 0.25) is 16.7 Å². The van der Waals surface area contributed by atoms with Crippen molar-refractivity contribution in [1.29, 1.82) is 0 Å². The van der Waals surface area contributed by atoms with Crippen LogP contribution >= 0.6 is 11.6 Å². The number of fused-ring (bicyclic) bond motifs is 1. The van der Waals surface area contributed by atoms with Crippen molar-refractivity contribution in [2.24, 2.45) is 0 Å². The Balaban J connectivity index is 1.53. The van der Waals surface area contributed by atoms with E-state index < -0.39 is 58.7 Å². The number of piperidine rings is 1. The molecule has 7 nitrogen and oxygen atoms in total. The molecule has 4 amide bonds. The third kappa shape index (κ3) is 4.13. The van der Waals surface area contributed by atoms with E-state index in [9.17, 15) is 28.0 Å². The van der Waals surface area contributed by atoms with Crippen LogP contribution in [0.25, 0.3) is 0 Å². The first-order chi connectivity index (χ1) is 16.8. The van der Waals surface area contributed by atoms with Gasteiger partial charge in [-0.2, -0.15) is 8.78 Å². The largest absolute Gasteiger partial charge is 0.387 e. The van der Waals surface area contributed by atoms with Gasteiger partial charge in [-0.15, -0.1) is 0 Å². The molecule has 1 N–H and O–H groups in total. The molecule has 0 saturated carbocycles. The maximum absolute atomic E-state index is 14.7. The number of amides is 4. The summed E-state index contributed by atoms with van der Waals surface area (Å²) in [5, 5.41) is 2.24. The minimum absolute atomic E-state index is 0.176. The Labute approximate surface area is 215 Å². The lowest BCUT2D eigenvalue weighted by molar-refractivity contribution is -0.154. The summed E-state index contributed by atoms with van der Waals surface area (Å²) in [6, 6.07) is 8.80. The van der Waals surface area contributed by atoms with E-state index in [4.69, 9.17) is 43.1 Å². The summed E-state index contributed by atoms with van der Waals surface area (Å²) in [6.07, 6.45) is 0. The number of nitrogens with zero attached hydrogens (tertiary/aromatic N) is 2.